The van der Waals surface area contributed by atoms with Crippen LogP contribution in [0.5, 0.6) is 0 Å². The molecule has 1 aliphatic heterocycles. The van der Waals surface area contributed by atoms with Gasteiger partial charge in [-0.15, -0.1) is 0 Å². The molecular weight excluding hydrogens is 352 g/mol. The summed E-state index contributed by atoms with van der Waals surface area (Å²) in [4.78, 5) is 25.8. The van der Waals surface area contributed by atoms with Crippen molar-refractivity contribution in [1.82, 2.24) is 14.5 Å². The topological polar surface area (TPSA) is 84.2 Å². The quantitative estimate of drug-likeness (QED) is 0.728. The lowest BCUT2D eigenvalue weighted by atomic mass is 10.2. The third-order valence-electron chi connectivity index (χ3n) is 3.92. The van der Waals surface area contributed by atoms with Crippen molar-refractivity contribution in [3.8, 4) is 0 Å². The van der Waals surface area contributed by atoms with Crippen molar-refractivity contribution in [2.24, 2.45) is 4.99 Å². The number of aryl methyl sites for hydroxylation is 1. The molecule has 0 radical (unpaired) electrons. The number of aromatic nitrogens is 3. The van der Waals surface area contributed by atoms with Gasteiger partial charge in [-0.25, -0.2) is 9.98 Å². The van der Waals surface area contributed by atoms with Gasteiger partial charge < -0.3 is 5.32 Å². The Balaban J connectivity index is 1.81. The fourth-order valence-electron chi connectivity index (χ4n) is 2.75. The molecule has 0 fully saturated rings. The standard InChI is InChI=1S/C18H15ClN6O/c1-11-9-15(26)25-16(12-5-4-8-20-10-12)23-17(24-18(25)21-11)22-14-7-3-2-6-13(14)19/h2-10,16H,1H3,(H2,21,22,23,24)/t16-/m0/s1. The lowest BCUT2D eigenvalue weighted by Gasteiger charge is -2.27. The molecule has 7 nitrogen and oxygen atoms in total. The van der Waals surface area contributed by atoms with Crippen LogP contribution >= 0.6 is 11.6 Å². The molecular formula is C18H15ClN6O. The van der Waals surface area contributed by atoms with E-state index in [2.05, 4.69) is 25.6 Å². The number of hydrogen-bond donors (Lipinski definition) is 2. The molecule has 0 unspecified atom stereocenters. The number of nitrogens with zero attached hydrogens (tertiary/aromatic N) is 4. The molecule has 1 atom stereocenters. The zero-order valence-corrected chi connectivity index (χ0v) is 14.6. The molecule has 1 aliphatic rings. The monoisotopic (exact) mass is 366 g/mol. The second kappa shape index (κ2) is 6.61. The van der Waals surface area contributed by atoms with Crippen LogP contribution in [0.25, 0.3) is 0 Å². The molecule has 0 spiro atoms. The van der Waals surface area contributed by atoms with Gasteiger partial charge in [0.1, 0.15) is 0 Å². The molecule has 3 heterocycles. The van der Waals surface area contributed by atoms with E-state index in [0.717, 1.165) is 5.56 Å². The van der Waals surface area contributed by atoms with Gasteiger partial charge in [-0.3, -0.25) is 19.7 Å². The molecule has 2 aromatic heterocycles. The maximum absolute atomic E-state index is 12.5. The number of hydrogen-bond acceptors (Lipinski definition) is 6. The predicted molar refractivity (Wildman–Crippen MR) is 102 cm³/mol. The molecule has 0 saturated heterocycles. The minimum Gasteiger partial charge on any atom is -0.325 e. The van der Waals surface area contributed by atoms with Gasteiger partial charge in [0.2, 0.25) is 11.9 Å². The van der Waals surface area contributed by atoms with E-state index in [1.165, 1.54) is 10.6 Å². The third kappa shape index (κ3) is 3.04. The van der Waals surface area contributed by atoms with Gasteiger partial charge in [0.15, 0.2) is 6.17 Å². The van der Waals surface area contributed by atoms with E-state index in [4.69, 9.17) is 11.6 Å². The Labute approximate surface area is 154 Å². The van der Waals surface area contributed by atoms with Crippen LogP contribution in [0, 0.1) is 6.92 Å². The molecule has 1 aromatic carbocycles. The minimum absolute atomic E-state index is 0.186. The number of para-hydroxylation sites is 1. The number of nitrogens with one attached hydrogen (secondary N) is 2. The lowest BCUT2D eigenvalue weighted by molar-refractivity contribution is 0.575. The number of guanidine groups is 1. The average Bonchev–Trinajstić information content (AvgIpc) is 2.63. The second-order valence-electron chi connectivity index (χ2n) is 5.80. The maximum atomic E-state index is 12.5. The zero-order chi connectivity index (χ0) is 18.1. The highest BCUT2D eigenvalue weighted by Crippen LogP contribution is 2.26. The Bertz CT molecular complexity index is 1050. The zero-order valence-electron chi connectivity index (χ0n) is 13.8. The van der Waals surface area contributed by atoms with E-state index < -0.39 is 6.17 Å². The summed E-state index contributed by atoms with van der Waals surface area (Å²) >= 11 is 6.22. The Hall–Kier alpha value is -3.19. The maximum Gasteiger partial charge on any atom is 0.257 e. The van der Waals surface area contributed by atoms with Gasteiger partial charge in [0, 0.05) is 29.7 Å². The van der Waals surface area contributed by atoms with Gasteiger partial charge in [-0.2, -0.15) is 0 Å². The van der Waals surface area contributed by atoms with Crippen molar-refractivity contribution in [1.29, 1.82) is 0 Å². The predicted octanol–water partition coefficient (Wildman–Crippen LogP) is 3.04. The molecule has 0 saturated carbocycles. The van der Waals surface area contributed by atoms with Crippen LogP contribution < -0.4 is 16.2 Å². The van der Waals surface area contributed by atoms with E-state index in [9.17, 15) is 4.79 Å². The summed E-state index contributed by atoms with van der Waals surface area (Å²) in [6, 6.07) is 12.5. The smallest absolute Gasteiger partial charge is 0.257 e. The number of rotatable bonds is 2. The highest BCUT2D eigenvalue weighted by Gasteiger charge is 2.25. The molecule has 8 heteroatoms. The van der Waals surface area contributed by atoms with Crippen molar-refractivity contribution in [3.63, 3.8) is 0 Å². The molecule has 0 aliphatic carbocycles. The third-order valence-corrected chi connectivity index (χ3v) is 4.25. The largest absolute Gasteiger partial charge is 0.325 e. The highest BCUT2D eigenvalue weighted by atomic mass is 35.5. The summed E-state index contributed by atoms with van der Waals surface area (Å²) < 4.78 is 1.50. The summed E-state index contributed by atoms with van der Waals surface area (Å²) in [5.41, 5.74) is 1.92. The summed E-state index contributed by atoms with van der Waals surface area (Å²) in [5, 5.41) is 6.79. The molecule has 0 amide bonds. The summed E-state index contributed by atoms with van der Waals surface area (Å²) in [6.45, 7) is 1.77. The van der Waals surface area contributed by atoms with Crippen molar-refractivity contribution in [2.75, 3.05) is 10.6 Å². The van der Waals surface area contributed by atoms with E-state index in [1.54, 1.807) is 31.5 Å². The highest BCUT2D eigenvalue weighted by molar-refractivity contribution is 6.33. The van der Waals surface area contributed by atoms with Gasteiger partial charge in [-0.1, -0.05) is 29.8 Å². The van der Waals surface area contributed by atoms with E-state index in [-0.39, 0.29) is 5.56 Å². The van der Waals surface area contributed by atoms with Crippen molar-refractivity contribution < 1.29 is 0 Å². The molecule has 4 rings (SSSR count). The summed E-state index contributed by atoms with van der Waals surface area (Å²) in [7, 11) is 0. The van der Waals surface area contributed by atoms with Gasteiger partial charge >= 0.3 is 0 Å². The number of halogens is 1. The SMILES string of the molecule is Cc1cc(=O)n2c(n1)NC(Nc1ccccc1Cl)=N[C@@H]2c1cccnc1. The van der Waals surface area contributed by atoms with Gasteiger partial charge in [0.25, 0.3) is 5.56 Å². The van der Waals surface area contributed by atoms with Crippen molar-refractivity contribution in [2.45, 2.75) is 13.1 Å². The molecule has 3 aromatic rings. The first-order valence-electron chi connectivity index (χ1n) is 7.98. The fourth-order valence-corrected chi connectivity index (χ4v) is 2.94. The fraction of sp³-hybridized carbons (Fsp3) is 0.111. The van der Waals surface area contributed by atoms with Crippen LogP contribution in [0.15, 0.2) is 64.6 Å². The second-order valence-corrected chi connectivity index (χ2v) is 6.20. The van der Waals surface area contributed by atoms with Crippen molar-refractivity contribution in [3.05, 3.63) is 81.5 Å². The van der Waals surface area contributed by atoms with E-state index in [0.29, 0.717) is 28.3 Å². The molecule has 26 heavy (non-hydrogen) atoms. The number of benzene rings is 1. The summed E-state index contributed by atoms with van der Waals surface area (Å²) in [6.07, 6.45) is 2.78. The van der Waals surface area contributed by atoms with E-state index >= 15 is 0 Å². The number of anilines is 2. The van der Waals surface area contributed by atoms with Crippen LogP contribution in [0.4, 0.5) is 11.6 Å². The summed E-state index contributed by atoms with van der Waals surface area (Å²) in [5.74, 6) is 0.859. The van der Waals surface area contributed by atoms with Crippen LogP contribution in [-0.2, 0) is 0 Å². The Morgan fingerprint density at radius 2 is 2.08 bits per heavy atom. The number of aliphatic imine (C=N–C) groups is 1. The van der Waals surface area contributed by atoms with Crippen molar-refractivity contribution >= 4 is 29.2 Å². The first-order chi connectivity index (χ1) is 12.6. The van der Waals surface area contributed by atoms with Crippen LogP contribution in [-0.4, -0.2) is 20.5 Å². The first kappa shape index (κ1) is 16.3. The van der Waals surface area contributed by atoms with Crippen LogP contribution in [0.2, 0.25) is 5.02 Å². The van der Waals surface area contributed by atoms with Gasteiger partial charge in [0.05, 0.1) is 10.7 Å². The first-order valence-corrected chi connectivity index (χ1v) is 8.36. The van der Waals surface area contributed by atoms with E-state index in [1.807, 2.05) is 24.3 Å². The Morgan fingerprint density at radius 1 is 1.23 bits per heavy atom. The molecule has 130 valence electrons. The van der Waals surface area contributed by atoms with Gasteiger partial charge in [-0.05, 0) is 25.1 Å². The van der Waals surface area contributed by atoms with Crippen LogP contribution in [0.3, 0.4) is 0 Å². The Morgan fingerprint density at radius 3 is 2.85 bits per heavy atom. The number of pyridine rings is 1. The normalized spacial score (nSPS) is 15.6. The minimum atomic E-state index is -0.578. The lowest BCUT2D eigenvalue weighted by Crippen LogP contribution is -2.37. The molecule has 0 bridgehead atoms. The Kier molecular flexibility index (Phi) is 4.14. The number of fused-ring (bicyclic) bond motifs is 1. The average molecular weight is 367 g/mol. The van der Waals surface area contributed by atoms with Crippen LogP contribution in [0.1, 0.15) is 17.4 Å². The molecule has 2 N–H and O–H groups in total.